The van der Waals surface area contributed by atoms with Crippen LogP contribution in [-0.4, -0.2) is 17.9 Å². The molecule has 0 aliphatic rings. The van der Waals surface area contributed by atoms with Gasteiger partial charge in [0, 0.05) is 16.5 Å². The van der Waals surface area contributed by atoms with Crippen LogP contribution in [0.15, 0.2) is 46.9 Å². The van der Waals surface area contributed by atoms with Crippen molar-refractivity contribution in [2.75, 3.05) is 0 Å². The van der Waals surface area contributed by atoms with Crippen LogP contribution in [0.4, 0.5) is 8.78 Å². The monoisotopic (exact) mass is 396 g/mol. The third-order valence-corrected chi connectivity index (χ3v) is 4.23. The van der Waals surface area contributed by atoms with Crippen LogP contribution in [-0.2, 0) is 22.4 Å². The van der Waals surface area contributed by atoms with E-state index >= 15 is 0 Å². The molecule has 2 amide bonds. The van der Waals surface area contributed by atoms with E-state index in [4.69, 9.17) is 5.73 Å². The molecule has 0 aliphatic carbocycles. The Morgan fingerprint density at radius 1 is 1.08 bits per heavy atom. The zero-order valence-corrected chi connectivity index (χ0v) is 14.1. The first kappa shape index (κ1) is 18.1. The van der Waals surface area contributed by atoms with Crippen LogP contribution in [0, 0.1) is 11.6 Å². The van der Waals surface area contributed by atoms with Gasteiger partial charge in [-0.15, -0.1) is 0 Å². The molecule has 0 unspecified atom stereocenters. The molecule has 0 aliphatic heterocycles. The number of hydrogen-bond acceptors (Lipinski definition) is 2. The number of primary amides is 1. The normalized spacial score (nSPS) is 11.8. The minimum Gasteiger partial charge on any atom is -0.368 e. The molecule has 0 fully saturated rings. The lowest BCUT2D eigenvalue weighted by Crippen LogP contribution is -2.46. The number of carbonyl (C=O) groups excluding carboxylic acids is 2. The van der Waals surface area contributed by atoms with Gasteiger partial charge in [0.15, 0.2) is 0 Å². The molecule has 0 saturated heterocycles. The van der Waals surface area contributed by atoms with E-state index in [-0.39, 0.29) is 12.0 Å². The summed E-state index contributed by atoms with van der Waals surface area (Å²) in [7, 11) is 0. The summed E-state index contributed by atoms with van der Waals surface area (Å²) in [5.74, 6) is -3.04. The molecule has 0 spiro atoms. The Bertz CT molecular complexity index is 748. The minimum absolute atomic E-state index is 0.169. The quantitative estimate of drug-likeness (QED) is 0.786. The van der Waals surface area contributed by atoms with Crippen LogP contribution < -0.4 is 11.1 Å². The van der Waals surface area contributed by atoms with Gasteiger partial charge in [-0.2, -0.15) is 0 Å². The Hall–Kier alpha value is -2.28. The number of nitrogens with one attached hydrogen (secondary N) is 1. The third kappa shape index (κ3) is 4.61. The second kappa shape index (κ2) is 8.01. The van der Waals surface area contributed by atoms with Gasteiger partial charge < -0.3 is 11.1 Å². The van der Waals surface area contributed by atoms with Crippen molar-refractivity contribution in [3.63, 3.8) is 0 Å². The van der Waals surface area contributed by atoms with Crippen molar-refractivity contribution in [3.05, 3.63) is 69.7 Å². The van der Waals surface area contributed by atoms with Crippen molar-refractivity contribution in [1.29, 1.82) is 0 Å². The van der Waals surface area contributed by atoms with Crippen molar-refractivity contribution < 1.29 is 18.4 Å². The maximum absolute atomic E-state index is 13.6. The first-order valence-corrected chi connectivity index (χ1v) is 7.92. The topological polar surface area (TPSA) is 72.2 Å². The van der Waals surface area contributed by atoms with E-state index in [9.17, 15) is 18.4 Å². The predicted molar refractivity (Wildman–Crippen MR) is 89.0 cm³/mol. The maximum atomic E-state index is 13.6. The Morgan fingerprint density at radius 2 is 1.71 bits per heavy atom. The molecule has 1 atom stereocenters. The lowest BCUT2D eigenvalue weighted by atomic mass is 10.0. The fraction of sp³-hybridized carbons (Fsp3) is 0.176. The van der Waals surface area contributed by atoms with Gasteiger partial charge in [-0.25, -0.2) is 8.78 Å². The molecule has 0 bridgehead atoms. The second-order valence-electron chi connectivity index (χ2n) is 5.19. The highest BCUT2D eigenvalue weighted by Gasteiger charge is 2.21. The van der Waals surface area contributed by atoms with Gasteiger partial charge in [0.1, 0.15) is 17.7 Å². The highest BCUT2D eigenvalue weighted by atomic mass is 79.9. The van der Waals surface area contributed by atoms with E-state index in [0.717, 1.165) is 22.2 Å². The molecule has 2 aromatic carbocycles. The summed E-state index contributed by atoms with van der Waals surface area (Å²) in [6, 6.07) is 9.54. The van der Waals surface area contributed by atoms with E-state index in [0.29, 0.717) is 0 Å². The molecule has 0 radical (unpaired) electrons. The van der Waals surface area contributed by atoms with Gasteiger partial charge in [-0.05, 0) is 23.8 Å². The van der Waals surface area contributed by atoms with Gasteiger partial charge >= 0.3 is 0 Å². The van der Waals surface area contributed by atoms with E-state index in [1.165, 1.54) is 6.07 Å². The van der Waals surface area contributed by atoms with E-state index in [2.05, 4.69) is 21.2 Å². The summed E-state index contributed by atoms with van der Waals surface area (Å²) in [5, 5.41) is 2.43. The maximum Gasteiger partial charge on any atom is 0.240 e. The summed E-state index contributed by atoms with van der Waals surface area (Å²) in [6.07, 6.45) is -0.347. The number of benzene rings is 2. The van der Waals surface area contributed by atoms with Crippen molar-refractivity contribution in [2.24, 2.45) is 5.73 Å². The van der Waals surface area contributed by atoms with Crippen molar-refractivity contribution in [1.82, 2.24) is 5.32 Å². The average molecular weight is 397 g/mol. The lowest BCUT2D eigenvalue weighted by Gasteiger charge is -2.16. The molecular formula is C17H15BrF2N2O2. The molecule has 126 valence electrons. The highest BCUT2D eigenvalue weighted by molar-refractivity contribution is 9.10. The highest BCUT2D eigenvalue weighted by Crippen LogP contribution is 2.18. The molecule has 24 heavy (non-hydrogen) atoms. The molecule has 3 N–H and O–H groups in total. The average Bonchev–Trinajstić information content (AvgIpc) is 2.52. The van der Waals surface area contributed by atoms with Gasteiger partial charge in [0.05, 0.1) is 6.42 Å². The summed E-state index contributed by atoms with van der Waals surface area (Å²) < 4.78 is 27.9. The van der Waals surface area contributed by atoms with Crippen LogP contribution in [0.25, 0.3) is 0 Å². The number of halogens is 3. The first-order valence-electron chi connectivity index (χ1n) is 7.13. The molecule has 4 nitrogen and oxygen atoms in total. The van der Waals surface area contributed by atoms with Gasteiger partial charge in [-0.1, -0.05) is 40.2 Å². The first-order chi connectivity index (χ1) is 11.4. The Balaban J connectivity index is 2.09. The standard InChI is InChI=1S/C17H15BrF2N2O2/c18-12-5-2-1-4-10(12)8-15(17(21)24)22-16(23)9-11-13(19)6-3-7-14(11)20/h1-7,15H,8-9H2,(H2,21,24)(H,22,23)/t15-/m0/s1. The van der Waals surface area contributed by atoms with Crippen molar-refractivity contribution in [2.45, 2.75) is 18.9 Å². The number of rotatable bonds is 6. The Morgan fingerprint density at radius 3 is 2.29 bits per heavy atom. The predicted octanol–water partition coefficient (Wildman–Crippen LogP) is 2.48. The van der Waals surface area contributed by atoms with Crippen LogP contribution in [0.5, 0.6) is 0 Å². The Kier molecular flexibility index (Phi) is 6.03. The zero-order chi connectivity index (χ0) is 17.7. The number of amides is 2. The van der Waals surface area contributed by atoms with Crippen LogP contribution >= 0.6 is 15.9 Å². The molecular weight excluding hydrogens is 382 g/mol. The zero-order valence-electron chi connectivity index (χ0n) is 12.6. The molecule has 0 saturated carbocycles. The third-order valence-electron chi connectivity index (χ3n) is 3.46. The SMILES string of the molecule is NC(=O)[C@H](Cc1ccccc1Br)NC(=O)Cc1c(F)cccc1F. The van der Waals surface area contributed by atoms with Crippen molar-refractivity contribution >= 4 is 27.7 Å². The number of carbonyl (C=O) groups is 2. The van der Waals surface area contributed by atoms with Gasteiger partial charge in [0.25, 0.3) is 0 Å². The van der Waals surface area contributed by atoms with Gasteiger partial charge in [0.2, 0.25) is 11.8 Å². The minimum atomic E-state index is -0.981. The summed E-state index contributed by atoms with van der Waals surface area (Å²) in [5.41, 5.74) is 5.75. The molecule has 2 aromatic rings. The van der Waals surface area contributed by atoms with E-state index in [1.807, 2.05) is 6.07 Å². The van der Waals surface area contributed by atoms with Gasteiger partial charge in [-0.3, -0.25) is 9.59 Å². The summed E-state index contributed by atoms with van der Waals surface area (Å²) in [4.78, 5) is 23.6. The molecule has 0 aromatic heterocycles. The smallest absolute Gasteiger partial charge is 0.240 e. The molecule has 2 rings (SSSR count). The number of nitrogens with two attached hydrogens (primary N) is 1. The van der Waals surface area contributed by atoms with Crippen LogP contribution in [0.1, 0.15) is 11.1 Å². The lowest BCUT2D eigenvalue weighted by molar-refractivity contribution is -0.127. The fourth-order valence-corrected chi connectivity index (χ4v) is 2.66. The molecule has 0 heterocycles. The van der Waals surface area contributed by atoms with E-state index < -0.39 is 35.9 Å². The summed E-state index contributed by atoms with van der Waals surface area (Å²) >= 11 is 3.35. The van der Waals surface area contributed by atoms with Crippen molar-refractivity contribution in [3.8, 4) is 0 Å². The van der Waals surface area contributed by atoms with E-state index in [1.54, 1.807) is 18.2 Å². The molecule has 7 heteroatoms. The number of hydrogen-bond donors (Lipinski definition) is 2. The Labute approximate surface area is 146 Å². The fourth-order valence-electron chi connectivity index (χ4n) is 2.21. The second-order valence-corrected chi connectivity index (χ2v) is 6.05. The van der Waals surface area contributed by atoms with Crippen LogP contribution in [0.3, 0.4) is 0 Å². The largest absolute Gasteiger partial charge is 0.368 e. The van der Waals surface area contributed by atoms with Crippen LogP contribution in [0.2, 0.25) is 0 Å². The summed E-state index contributed by atoms with van der Waals surface area (Å²) in [6.45, 7) is 0.